The number of aromatic nitrogens is 1. The van der Waals surface area contributed by atoms with Crippen LogP contribution in [0.5, 0.6) is 0 Å². The van der Waals surface area contributed by atoms with Crippen molar-refractivity contribution in [3.05, 3.63) is 53.2 Å². The maximum absolute atomic E-state index is 12.5. The molecule has 0 unspecified atom stereocenters. The molecule has 8 heteroatoms. The summed E-state index contributed by atoms with van der Waals surface area (Å²) in [7, 11) is -3.64. The Morgan fingerprint density at radius 3 is 2.48 bits per heavy atom. The molecule has 0 atom stereocenters. The van der Waals surface area contributed by atoms with Crippen LogP contribution in [0.4, 0.5) is 5.82 Å². The number of nitrogens with zero attached hydrogens (tertiary/aromatic N) is 2. The third kappa shape index (κ3) is 6.77. The van der Waals surface area contributed by atoms with Gasteiger partial charge in [-0.1, -0.05) is 31.0 Å². The fraction of sp³-hybridized carbons (Fsp3) is 0.478. The molecule has 0 bridgehead atoms. The van der Waals surface area contributed by atoms with Gasteiger partial charge in [-0.15, -0.1) is 0 Å². The van der Waals surface area contributed by atoms with E-state index in [1.807, 2.05) is 25.1 Å². The molecule has 2 heterocycles. The summed E-state index contributed by atoms with van der Waals surface area (Å²) >= 11 is 0. The Hall–Kier alpha value is -2.45. The Bertz CT molecular complexity index is 982. The van der Waals surface area contributed by atoms with E-state index in [9.17, 15) is 13.2 Å². The zero-order chi connectivity index (χ0) is 22.3. The average Bonchev–Trinajstić information content (AvgIpc) is 3.04. The first-order chi connectivity index (χ1) is 14.8. The van der Waals surface area contributed by atoms with Gasteiger partial charge in [0.1, 0.15) is 5.82 Å². The minimum absolute atomic E-state index is 0.0493. The molecule has 2 N–H and O–H groups in total. The number of benzene rings is 1. The molecule has 3 rings (SSSR count). The van der Waals surface area contributed by atoms with E-state index in [-0.39, 0.29) is 23.8 Å². The van der Waals surface area contributed by atoms with Crippen molar-refractivity contribution < 1.29 is 13.2 Å². The molecule has 1 fully saturated rings. The van der Waals surface area contributed by atoms with Gasteiger partial charge in [0.25, 0.3) is 0 Å². The topological polar surface area (TPSA) is 91.4 Å². The second-order valence-electron chi connectivity index (χ2n) is 8.12. The number of hydrogen-bond acceptors (Lipinski definition) is 5. The van der Waals surface area contributed by atoms with Crippen molar-refractivity contribution in [1.82, 2.24) is 15.0 Å². The maximum Gasteiger partial charge on any atom is 0.240 e. The summed E-state index contributed by atoms with van der Waals surface area (Å²) < 4.78 is 27.5. The molecule has 0 radical (unpaired) electrons. The van der Waals surface area contributed by atoms with E-state index in [4.69, 9.17) is 0 Å². The predicted molar refractivity (Wildman–Crippen MR) is 122 cm³/mol. The second-order valence-corrected chi connectivity index (χ2v) is 9.85. The van der Waals surface area contributed by atoms with E-state index in [2.05, 4.69) is 19.9 Å². The zero-order valence-electron chi connectivity index (χ0n) is 18.4. The molecule has 0 aliphatic carbocycles. The maximum atomic E-state index is 12.5. The van der Waals surface area contributed by atoms with Gasteiger partial charge >= 0.3 is 0 Å². The molecule has 1 amide bonds. The number of anilines is 1. The van der Waals surface area contributed by atoms with Gasteiger partial charge in [-0.05, 0) is 55.5 Å². The molecule has 7 nitrogen and oxygen atoms in total. The van der Waals surface area contributed by atoms with Crippen molar-refractivity contribution in [2.24, 2.45) is 0 Å². The fourth-order valence-electron chi connectivity index (χ4n) is 3.67. The lowest BCUT2D eigenvalue weighted by Crippen LogP contribution is -2.31. The predicted octanol–water partition coefficient (Wildman–Crippen LogP) is 3.06. The summed E-state index contributed by atoms with van der Waals surface area (Å²) in [6.45, 7) is 6.11. The Morgan fingerprint density at radius 2 is 1.81 bits per heavy atom. The largest absolute Gasteiger partial charge is 0.357 e. The minimum atomic E-state index is -3.64. The summed E-state index contributed by atoms with van der Waals surface area (Å²) in [5.41, 5.74) is 2.47. The Morgan fingerprint density at radius 1 is 1.06 bits per heavy atom. The van der Waals surface area contributed by atoms with Crippen LogP contribution < -0.4 is 14.9 Å². The summed E-state index contributed by atoms with van der Waals surface area (Å²) in [6.07, 6.45) is 6.83. The van der Waals surface area contributed by atoms with Gasteiger partial charge < -0.3 is 10.2 Å². The molecule has 1 aromatic heterocycles. The molecule has 1 aliphatic heterocycles. The van der Waals surface area contributed by atoms with Crippen molar-refractivity contribution in [3.8, 4) is 0 Å². The molecule has 2 aromatic rings. The van der Waals surface area contributed by atoms with Crippen LogP contribution in [0.1, 0.15) is 48.8 Å². The number of pyridine rings is 1. The van der Waals surface area contributed by atoms with Crippen molar-refractivity contribution in [2.75, 3.05) is 24.5 Å². The smallest absolute Gasteiger partial charge is 0.240 e. The lowest BCUT2D eigenvalue weighted by atomic mass is 10.2. The van der Waals surface area contributed by atoms with Gasteiger partial charge in [-0.2, -0.15) is 0 Å². The molecule has 1 aromatic carbocycles. The van der Waals surface area contributed by atoms with Gasteiger partial charge in [0.2, 0.25) is 15.9 Å². The van der Waals surface area contributed by atoms with Crippen LogP contribution in [-0.4, -0.2) is 38.9 Å². The Labute approximate surface area is 185 Å². The first-order valence-electron chi connectivity index (χ1n) is 10.9. The number of carbonyl (C=O) groups is 1. The first kappa shape index (κ1) is 23.2. The number of amides is 1. The Balaban J connectivity index is 1.44. The van der Waals surface area contributed by atoms with Gasteiger partial charge in [0.05, 0.1) is 4.90 Å². The van der Waals surface area contributed by atoms with E-state index in [1.54, 1.807) is 25.3 Å². The molecular weight excluding hydrogens is 412 g/mol. The van der Waals surface area contributed by atoms with Crippen LogP contribution in [0.15, 0.2) is 41.4 Å². The normalized spacial score (nSPS) is 14.8. The lowest BCUT2D eigenvalue weighted by molar-refractivity contribution is -0.121. The molecular formula is C23H32N4O3S. The van der Waals surface area contributed by atoms with E-state index < -0.39 is 10.0 Å². The third-order valence-corrected chi connectivity index (χ3v) is 7.11. The van der Waals surface area contributed by atoms with Crippen LogP contribution in [0.2, 0.25) is 0 Å². The molecule has 31 heavy (non-hydrogen) atoms. The highest BCUT2D eigenvalue weighted by molar-refractivity contribution is 7.89. The highest BCUT2D eigenvalue weighted by Gasteiger charge is 2.17. The summed E-state index contributed by atoms with van der Waals surface area (Å²) in [5, 5.41) is 2.83. The second kappa shape index (κ2) is 10.7. The quantitative estimate of drug-likeness (QED) is 0.653. The van der Waals surface area contributed by atoms with E-state index in [1.165, 1.54) is 25.7 Å². The van der Waals surface area contributed by atoms with Crippen molar-refractivity contribution in [1.29, 1.82) is 0 Å². The summed E-state index contributed by atoms with van der Waals surface area (Å²) in [6, 6.07) is 9.28. The van der Waals surface area contributed by atoms with Gasteiger partial charge in [0.15, 0.2) is 0 Å². The monoisotopic (exact) mass is 444 g/mol. The molecule has 168 valence electrons. The van der Waals surface area contributed by atoms with Crippen LogP contribution in [0.25, 0.3) is 0 Å². The van der Waals surface area contributed by atoms with E-state index in [0.29, 0.717) is 12.1 Å². The van der Waals surface area contributed by atoms with Gasteiger partial charge in [-0.3, -0.25) is 4.79 Å². The lowest BCUT2D eigenvalue weighted by Gasteiger charge is -2.21. The standard InChI is InChI=1S/C23H32N4O3S/c1-18-7-8-19(2)21(15-18)31(29,30)26-12-11-23(28)25-17-20-9-10-22(24-16-20)27-13-5-3-4-6-14-27/h7-10,15-16,26H,3-6,11-14,17H2,1-2H3,(H,25,28). The summed E-state index contributed by atoms with van der Waals surface area (Å²) in [4.78, 5) is 19.3. The number of aryl methyl sites for hydroxylation is 2. The van der Waals surface area contributed by atoms with Gasteiger partial charge in [0, 0.05) is 38.8 Å². The molecule has 0 saturated carbocycles. The number of sulfonamides is 1. The van der Waals surface area contributed by atoms with Crippen molar-refractivity contribution >= 4 is 21.7 Å². The van der Waals surface area contributed by atoms with Crippen LogP contribution in [-0.2, 0) is 21.4 Å². The third-order valence-electron chi connectivity index (χ3n) is 5.51. The van der Waals surface area contributed by atoms with Crippen LogP contribution in [0.3, 0.4) is 0 Å². The fourth-order valence-corrected chi connectivity index (χ4v) is 5.03. The highest BCUT2D eigenvalue weighted by atomic mass is 32.2. The Kier molecular flexibility index (Phi) is 8.03. The van der Waals surface area contributed by atoms with Crippen molar-refractivity contribution in [3.63, 3.8) is 0 Å². The number of carbonyl (C=O) groups excluding carboxylic acids is 1. The zero-order valence-corrected chi connectivity index (χ0v) is 19.2. The first-order valence-corrected chi connectivity index (χ1v) is 12.4. The molecule has 0 spiro atoms. The summed E-state index contributed by atoms with van der Waals surface area (Å²) in [5.74, 6) is 0.776. The molecule has 1 saturated heterocycles. The number of hydrogen-bond donors (Lipinski definition) is 2. The average molecular weight is 445 g/mol. The van der Waals surface area contributed by atoms with Gasteiger partial charge in [-0.25, -0.2) is 18.1 Å². The number of rotatable bonds is 8. The van der Waals surface area contributed by atoms with E-state index in [0.717, 1.165) is 30.0 Å². The minimum Gasteiger partial charge on any atom is -0.357 e. The highest BCUT2D eigenvalue weighted by Crippen LogP contribution is 2.18. The van der Waals surface area contributed by atoms with Crippen LogP contribution >= 0.6 is 0 Å². The number of nitrogens with one attached hydrogen (secondary N) is 2. The van der Waals surface area contributed by atoms with Crippen LogP contribution in [0, 0.1) is 13.8 Å². The SMILES string of the molecule is Cc1ccc(C)c(S(=O)(=O)NCCC(=O)NCc2ccc(N3CCCCCC3)nc2)c1. The van der Waals surface area contributed by atoms with Crippen molar-refractivity contribution in [2.45, 2.75) is 57.4 Å². The van der Waals surface area contributed by atoms with E-state index >= 15 is 0 Å². The molecule has 1 aliphatic rings.